The van der Waals surface area contributed by atoms with Gasteiger partial charge in [0, 0.05) is 0 Å². The number of nitrogens with one attached hydrogen (secondary N) is 1. The van der Waals surface area contributed by atoms with Crippen LogP contribution in [0.25, 0.3) is 11.3 Å². The van der Waals surface area contributed by atoms with E-state index in [1.54, 1.807) is 19.1 Å². The maximum Gasteiger partial charge on any atom is 0.342 e. The number of hydrogen-bond donors (Lipinski definition) is 2. The third-order valence-electron chi connectivity index (χ3n) is 3.52. The molecule has 0 aliphatic rings. The molecule has 0 saturated heterocycles. The minimum absolute atomic E-state index is 0.0566. The number of carbonyl (C=O) groups is 1. The monoisotopic (exact) mass is 335 g/mol. The molecule has 1 heterocycles. The minimum Gasteiger partial charge on any atom is -0.493 e. The van der Waals surface area contributed by atoms with Gasteiger partial charge >= 0.3 is 5.97 Å². The predicted molar refractivity (Wildman–Crippen MR) is 94.5 cm³/mol. The third kappa shape index (κ3) is 3.58. The van der Waals surface area contributed by atoms with Crippen molar-refractivity contribution in [1.29, 1.82) is 0 Å². The van der Waals surface area contributed by atoms with E-state index >= 15 is 0 Å². The number of carbonyl (C=O) groups excluding carboxylic acids is 1. The Bertz CT molecular complexity index is 887. The Hall–Kier alpha value is -3.41. The van der Waals surface area contributed by atoms with Crippen LogP contribution in [0.5, 0.6) is 5.88 Å². The van der Waals surface area contributed by atoms with Gasteiger partial charge in [-0.25, -0.2) is 4.79 Å². The van der Waals surface area contributed by atoms with Crippen molar-refractivity contribution in [3.63, 3.8) is 0 Å². The lowest BCUT2D eigenvalue weighted by Crippen LogP contribution is -2.05. The van der Waals surface area contributed by atoms with Crippen molar-refractivity contribution in [2.45, 2.75) is 6.92 Å². The summed E-state index contributed by atoms with van der Waals surface area (Å²) in [6.07, 6.45) is 0. The van der Waals surface area contributed by atoms with Gasteiger partial charge < -0.3 is 14.8 Å². The van der Waals surface area contributed by atoms with Gasteiger partial charge in [-0.2, -0.15) is 5.11 Å². The molecule has 6 heteroatoms. The van der Waals surface area contributed by atoms with Crippen molar-refractivity contribution < 1.29 is 14.6 Å². The zero-order chi connectivity index (χ0) is 17.6. The fourth-order valence-corrected chi connectivity index (χ4v) is 2.40. The van der Waals surface area contributed by atoms with Gasteiger partial charge in [0.25, 0.3) is 0 Å². The molecule has 0 amide bonds. The van der Waals surface area contributed by atoms with E-state index in [1.807, 2.05) is 48.5 Å². The summed E-state index contributed by atoms with van der Waals surface area (Å²) in [6, 6.07) is 18.3. The Labute approximate surface area is 144 Å². The lowest BCUT2D eigenvalue weighted by atomic mass is 10.1. The van der Waals surface area contributed by atoms with Crippen LogP contribution in [-0.2, 0) is 4.74 Å². The highest BCUT2D eigenvalue weighted by Crippen LogP contribution is 2.39. The maximum atomic E-state index is 12.4. The van der Waals surface area contributed by atoms with Crippen LogP contribution in [0.3, 0.4) is 0 Å². The summed E-state index contributed by atoms with van der Waals surface area (Å²) in [5, 5.41) is 18.4. The summed E-state index contributed by atoms with van der Waals surface area (Å²) >= 11 is 0. The highest BCUT2D eigenvalue weighted by Gasteiger charge is 2.25. The van der Waals surface area contributed by atoms with Gasteiger partial charge in [0.15, 0.2) is 5.69 Å². The Morgan fingerprint density at radius 2 is 1.68 bits per heavy atom. The predicted octanol–water partition coefficient (Wildman–Crippen LogP) is 4.98. The van der Waals surface area contributed by atoms with Gasteiger partial charge in [-0.05, 0) is 24.6 Å². The number of H-pyrrole nitrogens is 1. The average molecular weight is 335 g/mol. The number of rotatable bonds is 5. The lowest BCUT2D eigenvalue weighted by molar-refractivity contribution is 0.0528. The lowest BCUT2D eigenvalue weighted by Gasteiger charge is -2.04. The van der Waals surface area contributed by atoms with Crippen molar-refractivity contribution in [3.8, 4) is 17.1 Å². The molecular formula is C19H17N3O3. The van der Waals surface area contributed by atoms with Crippen LogP contribution in [0, 0.1) is 0 Å². The molecule has 0 fully saturated rings. The first kappa shape index (κ1) is 16.4. The zero-order valence-electron chi connectivity index (χ0n) is 13.6. The van der Waals surface area contributed by atoms with Crippen molar-refractivity contribution in [3.05, 3.63) is 66.2 Å². The van der Waals surface area contributed by atoms with Crippen LogP contribution in [-0.4, -0.2) is 22.7 Å². The molecule has 1 aromatic heterocycles. The summed E-state index contributed by atoms with van der Waals surface area (Å²) < 4.78 is 5.12. The molecule has 3 rings (SSSR count). The van der Waals surface area contributed by atoms with E-state index < -0.39 is 5.97 Å². The SMILES string of the molecule is CCOC(=O)c1c(-c2ccccc2)[nH]c(O)c1N=Nc1ccccc1. The maximum absolute atomic E-state index is 12.4. The first-order chi connectivity index (χ1) is 12.2. The Morgan fingerprint density at radius 1 is 1.04 bits per heavy atom. The first-order valence-electron chi connectivity index (χ1n) is 7.85. The van der Waals surface area contributed by atoms with E-state index in [1.165, 1.54) is 0 Å². The molecule has 126 valence electrons. The largest absolute Gasteiger partial charge is 0.493 e. The van der Waals surface area contributed by atoms with E-state index in [0.29, 0.717) is 11.4 Å². The van der Waals surface area contributed by atoms with Crippen molar-refractivity contribution in [2.24, 2.45) is 10.2 Å². The van der Waals surface area contributed by atoms with Gasteiger partial charge in [-0.1, -0.05) is 48.5 Å². The molecule has 25 heavy (non-hydrogen) atoms. The molecule has 6 nitrogen and oxygen atoms in total. The summed E-state index contributed by atoms with van der Waals surface area (Å²) in [4.78, 5) is 15.2. The molecule has 0 spiro atoms. The van der Waals surface area contributed by atoms with Crippen LogP contribution in [0.2, 0.25) is 0 Å². The van der Waals surface area contributed by atoms with Crippen LogP contribution in [0.15, 0.2) is 70.9 Å². The number of hydrogen-bond acceptors (Lipinski definition) is 5. The van der Waals surface area contributed by atoms with Gasteiger partial charge in [-0.3, -0.25) is 0 Å². The zero-order valence-corrected chi connectivity index (χ0v) is 13.6. The second-order valence-corrected chi connectivity index (χ2v) is 5.19. The summed E-state index contributed by atoms with van der Waals surface area (Å²) in [5.74, 6) is -0.804. The Kier molecular flexibility index (Phi) is 4.89. The van der Waals surface area contributed by atoms with Crippen LogP contribution in [0.4, 0.5) is 11.4 Å². The Morgan fingerprint density at radius 3 is 2.32 bits per heavy atom. The van der Waals surface area contributed by atoms with Crippen molar-refractivity contribution in [2.75, 3.05) is 6.61 Å². The number of esters is 1. The number of ether oxygens (including phenoxy) is 1. The van der Waals surface area contributed by atoms with E-state index in [9.17, 15) is 9.90 Å². The second-order valence-electron chi connectivity index (χ2n) is 5.19. The topological polar surface area (TPSA) is 87.0 Å². The molecule has 2 aromatic carbocycles. The highest BCUT2D eigenvalue weighted by molar-refractivity contribution is 6.03. The van der Waals surface area contributed by atoms with Crippen LogP contribution >= 0.6 is 0 Å². The van der Waals surface area contributed by atoms with Gasteiger partial charge in [0.05, 0.1) is 18.0 Å². The second kappa shape index (κ2) is 7.44. The molecule has 2 N–H and O–H groups in total. The average Bonchev–Trinajstić information content (AvgIpc) is 2.98. The van der Waals surface area contributed by atoms with E-state index in [-0.39, 0.29) is 23.7 Å². The Balaban J connectivity index is 2.09. The minimum atomic E-state index is -0.570. The quantitative estimate of drug-likeness (QED) is 0.509. The number of aromatic amines is 1. The third-order valence-corrected chi connectivity index (χ3v) is 3.52. The summed E-state index contributed by atoms with van der Waals surface area (Å²) in [5.41, 5.74) is 2.01. The fourth-order valence-electron chi connectivity index (χ4n) is 2.40. The molecule has 0 saturated carbocycles. The number of benzene rings is 2. The van der Waals surface area contributed by atoms with Gasteiger partial charge in [-0.15, -0.1) is 5.11 Å². The van der Waals surface area contributed by atoms with Crippen molar-refractivity contribution >= 4 is 17.3 Å². The highest BCUT2D eigenvalue weighted by atomic mass is 16.5. The van der Waals surface area contributed by atoms with Gasteiger partial charge in [0.1, 0.15) is 5.56 Å². The van der Waals surface area contributed by atoms with Gasteiger partial charge in [0.2, 0.25) is 5.88 Å². The van der Waals surface area contributed by atoms with Crippen LogP contribution < -0.4 is 0 Å². The van der Waals surface area contributed by atoms with E-state index in [2.05, 4.69) is 15.2 Å². The molecule has 3 aromatic rings. The van der Waals surface area contributed by atoms with E-state index in [4.69, 9.17) is 4.74 Å². The molecule has 0 unspecified atom stereocenters. The molecule has 0 bridgehead atoms. The number of aromatic nitrogens is 1. The normalized spacial score (nSPS) is 10.9. The molecular weight excluding hydrogens is 318 g/mol. The first-order valence-corrected chi connectivity index (χ1v) is 7.85. The van der Waals surface area contributed by atoms with E-state index in [0.717, 1.165) is 5.56 Å². The number of aromatic hydroxyl groups is 1. The fraction of sp³-hybridized carbons (Fsp3) is 0.105. The summed E-state index contributed by atoms with van der Waals surface area (Å²) in [7, 11) is 0. The summed E-state index contributed by atoms with van der Waals surface area (Å²) in [6.45, 7) is 1.94. The molecule has 0 aliphatic carbocycles. The van der Waals surface area contributed by atoms with Crippen molar-refractivity contribution in [1.82, 2.24) is 4.98 Å². The molecule has 0 aliphatic heterocycles. The standard InChI is InChI=1S/C19H17N3O3/c1-2-25-19(24)15-16(13-9-5-3-6-10-13)20-18(23)17(15)22-21-14-11-7-4-8-12-14/h3-12,20,23H,2H2,1H3. The molecule has 0 atom stereocenters. The number of azo groups is 1. The number of nitrogens with zero attached hydrogens (tertiary/aromatic N) is 2. The smallest absolute Gasteiger partial charge is 0.342 e. The molecule has 0 radical (unpaired) electrons. The van der Waals surface area contributed by atoms with Crippen LogP contribution in [0.1, 0.15) is 17.3 Å².